The van der Waals surface area contributed by atoms with Crippen LogP contribution in [0, 0.1) is 40.4 Å². The maximum atomic E-state index is 15.0. The Labute approximate surface area is 433 Å². The predicted octanol–water partition coefficient (Wildman–Crippen LogP) is 5.92. The number of ether oxygens (including phenoxy) is 1. The van der Waals surface area contributed by atoms with Gasteiger partial charge in [0.1, 0.15) is 11.8 Å². The summed E-state index contributed by atoms with van der Waals surface area (Å²) in [4.78, 5) is 122. The maximum Gasteiger partial charge on any atom is 0.333 e. The number of Topliss-reactive ketones (excluding diaryl/α,β-unsaturated/α-hetero) is 1. The number of carbonyl (C=O) groups is 8. The van der Waals surface area contributed by atoms with E-state index in [-0.39, 0.29) is 90.9 Å². The van der Waals surface area contributed by atoms with Crippen LogP contribution < -0.4 is 10.6 Å². The fourth-order valence-corrected chi connectivity index (χ4v) is 12.2. The molecule has 408 valence electrons. The van der Waals surface area contributed by atoms with Crippen molar-refractivity contribution in [3.63, 3.8) is 0 Å². The summed E-state index contributed by atoms with van der Waals surface area (Å²) in [6, 6.07) is 3.88. The van der Waals surface area contributed by atoms with E-state index in [0.717, 1.165) is 31.2 Å². The Kier molecular flexibility index (Phi) is 21.0. The number of nitrogens with zero attached hydrogens (tertiary/aromatic N) is 4. The van der Waals surface area contributed by atoms with Crippen LogP contribution in [-0.2, 0) is 59.2 Å². The number of unbranched alkanes of at least 4 members (excludes halogenated alkanes) is 2. The number of phenolic OH excluding ortho intramolecular Hbond substituents is 1. The first kappa shape index (κ1) is 58.9. The highest BCUT2D eigenvalue weighted by Gasteiger charge is 2.72. The van der Waals surface area contributed by atoms with Crippen LogP contribution in [0.3, 0.4) is 0 Å². The van der Waals surface area contributed by atoms with Gasteiger partial charge >= 0.3 is 5.97 Å². The van der Waals surface area contributed by atoms with E-state index in [4.69, 9.17) is 14.4 Å². The van der Waals surface area contributed by atoms with Crippen LogP contribution in [0.15, 0.2) is 24.3 Å². The molecule has 3 saturated heterocycles. The van der Waals surface area contributed by atoms with Crippen LogP contribution in [0.2, 0.25) is 0 Å². The predicted molar refractivity (Wildman–Crippen MR) is 272 cm³/mol. The molecule has 6 amide bonds. The molecule has 0 radical (unpaired) electrons. The average molecular weight is 1020 g/mol. The SMILES string of the molecule is CC[C@H](C)C1(C(C)CC(=O)N2CCC[C@H]2[C@H](OC)C(C)C(=O)N[C@@H](Cc2ccc(O)cc2)C(=O)N2CCCCO2)CC1(C)C(=O)[C@@H](NC(=O)C(C(C)C)N(C)CCCCCC(=O)ON1C(=O)CCC1=O)C(C)C. The van der Waals surface area contributed by atoms with Crippen molar-refractivity contribution in [2.45, 2.75) is 182 Å². The van der Waals surface area contributed by atoms with Gasteiger partial charge < -0.3 is 30.2 Å². The van der Waals surface area contributed by atoms with E-state index in [9.17, 15) is 38.7 Å². The molecule has 3 heterocycles. The lowest BCUT2D eigenvalue weighted by Gasteiger charge is -2.38. The number of phenols is 1. The first-order valence-electron chi connectivity index (χ1n) is 27.0. The highest BCUT2D eigenvalue weighted by molar-refractivity contribution is 6.01. The third-order valence-electron chi connectivity index (χ3n) is 16.6. The quantitative estimate of drug-likeness (QED) is 0.0689. The summed E-state index contributed by atoms with van der Waals surface area (Å²) in [5.74, 6) is -3.79. The molecular weight excluding hydrogens is 937 g/mol. The Bertz CT molecular complexity index is 2100. The zero-order chi connectivity index (χ0) is 53.9. The number of rotatable bonds is 27. The topological polar surface area (TPSA) is 221 Å². The van der Waals surface area contributed by atoms with E-state index in [1.54, 1.807) is 26.2 Å². The van der Waals surface area contributed by atoms with Gasteiger partial charge in [-0.1, -0.05) is 87.3 Å². The molecule has 1 aromatic rings. The van der Waals surface area contributed by atoms with Crippen molar-refractivity contribution < 1.29 is 57.9 Å². The lowest BCUT2D eigenvalue weighted by molar-refractivity contribution is -0.199. The first-order chi connectivity index (χ1) is 34.5. The van der Waals surface area contributed by atoms with E-state index in [0.29, 0.717) is 63.4 Å². The monoisotopic (exact) mass is 1020 g/mol. The zero-order valence-electron chi connectivity index (χ0n) is 45.5. The third-order valence-corrected chi connectivity index (χ3v) is 16.6. The lowest BCUT2D eigenvalue weighted by atomic mass is 9.69. The summed E-state index contributed by atoms with van der Waals surface area (Å²) < 4.78 is 6.06. The number of likely N-dealkylation sites (N-methyl/N-ethyl adjacent to an activating group) is 1. The minimum absolute atomic E-state index is 0.0304. The van der Waals surface area contributed by atoms with Gasteiger partial charge in [0.2, 0.25) is 17.7 Å². The van der Waals surface area contributed by atoms with Crippen LogP contribution in [-0.4, -0.2) is 143 Å². The number of carbonyl (C=O) groups excluding carboxylic acids is 8. The summed E-state index contributed by atoms with van der Waals surface area (Å²) in [5.41, 5.74) is -0.561. The second-order valence-electron chi connectivity index (χ2n) is 22.3. The Morgan fingerprint density at radius 3 is 2.12 bits per heavy atom. The van der Waals surface area contributed by atoms with E-state index >= 15 is 4.79 Å². The molecule has 18 heteroatoms. The second kappa shape index (κ2) is 26.0. The van der Waals surface area contributed by atoms with Gasteiger partial charge in [0.05, 0.1) is 36.8 Å². The number of hydroxylamine groups is 4. The summed E-state index contributed by atoms with van der Waals surface area (Å²) in [6.45, 7) is 19.8. The van der Waals surface area contributed by atoms with Crippen molar-refractivity contribution in [1.29, 1.82) is 0 Å². The number of benzene rings is 1. The number of ketones is 1. The molecule has 5 unspecified atom stereocenters. The normalized spacial score (nSPS) is 24.0. The van der Waals surface area contributed by atoms with Crippen LogP contribution in [0.25, 0.3) is 0 Å². The van der Waals surface area contributed by atoms with E-state index in [1.807, 2.05) is 51.5 Å². The van der Waals surface area contributed by atoms with Gasteiger partial charge in [-0.3, -0.25) is 43.3 Å². The van der Waals surface area contributed by atoms with E-state index in [1.165, 1.54) is 17.2 Å². The van der Waals surface area contributed by atoms with Crippen molar-refractivity contribution in [2.75, 3.05) is 40.4 Å². The summed E-state index contributed by atoms with van der Waals surface area (Å²) >= 11 is 0. The fraction of sp³-hybridized carbons (Fsp3) is 0.745. The number of amides is 6. The second-order valence-corrected chi connectivity index (χ2v) is 22.3. The molecule has 5 rings (SSSR count). The number of hydrogen-bond acceptors (Lipinski definition) is 13. The Hall–Kier alpha value is -4.94. The van der Waals surface area contributed by atoms with Crippen molar-refractivity contribution in [3.8, 4) is 5.75 Å². The summed E-state index contributed by atoms with van der Waals surface area (Å²) in [6.07, 6.45) is 6.01. The number of hydrogen-bond donors (Lipinski definition) is 3. The Morgan fingerprint density at radius 2 is 1.53 bits per heavy atom. The number of imide groups is 1. The van der Waals surface area contributed by atoms with E-state index < -0.39 is 64.8 Å². The summed E-state index contributed by atoms with van der Waals surface area (Å²) in [7, 11) is 3.42. The van der Waals surface area contributed by atoms with Crippen molar-refractivity contribution in [2.24, 2.45) is 40.4 Å². The van der Waals surface area contributed by atoms with Crippen LogP contribution in [0.1, 0.15) is 151 Å². The number of methoxy groups -OCH3 is 1. The fourth-order valence-electron chi connectivity index (χ4n) is 12.2. The van der Waals surface area contributed by atoms with Gasteiger partial charge in [-0.15, -0.1) is 5.06 Å². The average Bonchev–Trinajstić information content (AvgIpc) is 3.55. The smallest absolute Gasteiger partial charge is 0.333 e. The number of likely N-dealkylation sites (tertiary alicyclic amines) is 1. The number of aromatic hydroxyl groups is 1. The molecule has 1 aliphatic carbocycles. The molecule has 3 N–H and O–H groups in total. The largest absolute Gasteiger partial charge is 0.508 e. The summed E-state index contributed by atoms with van der Waals surface area (Å²) in [5, 5.41) is 17.9. The van der Waals surface area contributed by atoms with Gasteiger partial charge in [-0.25, -0.2) is 9.86 Å². The minimum Gasteiger partial charge on any atom is -0.508 e. The minimum atomic E-state index is -0.939. The van der Waals surface area contributed by atoms with Crippen molar-refractivity contribution in [3.05, 3.63) is 29.8 Å². The molecule has 4 aliphatic rings. The van der Waals surface area contributed by atoms with Gasteiger partial charge in [-0.05, 0) is 105 Å². The van der Waals surface area contributed by atoms with Gasteiger partial charge in [0.15, 0.2) is 5.78 Å². The first-order valence-corrected chi connectivity index (χ1v) is 27.0. The van der Waals surface area contributed by atoms with Gasteiger partial charge in [0.25, 0.3) is 17.7 Å². The third kappa shape index (κ3) is 13.9. The molecule has 0 spiro atoms. The molecule has 0 aromatic heterocycles. The van der Waals surface area contributed by atoms with E-state index in [2.05, 4.69) is 31.4 Å². The maximum absolute atomic E-state index is 15.0. The van der Waals surface area contributed by atoms with Crippen molar-refractivity contribution in [1.82, 2.24) is 30.6 Å². The molecule has 10 atom stereocenters. The molecule has 18 nitrogen and oxygen atoms in total. The molecule has 4 fully saturated rings. The molecule has 1 aromatic carbocycles. The van der Waals surface area contributed by atoms with Crippen molar-refractivity contribution >= 4 is 47.2 Å². The van der Waals surface area contributed by atoms with Gasteiger partial charge in [-0.2, -0.15) is 0 Å². The van der Waals surface area contributed by atoms with Crippen LogP contribution in [0.4, 0.5) is 0 Å². The number of nitrogens with one attached hydrogen (secondary N) is 2. The molecule has 3 aliphatic heterocycles. The highest BCUT2D eigenvalue weighted by atomic mass is 16.7. The van der Waals surface area contributed by atoms with Crippen LogP contribution >= 0.6 is 0 Å². The molecular formula is C55H86N6O12. The Balaban J connectivity index is 1.22. The highest BCUT2D eigenvalue weighted by Crippen LogP contribution is 2.73. The Morgan fingerprint density at radius 1 is 0.863 bits per heavy atom. The van der Waals surface area contributed by atoms with Gasteiger partial charge in [0, 0.05) is 57.7 Å². The molecule has 73 heavy (non-hydrogen) atoms. The van der Waals surface area contributed by atoms with Crippen LogP contribution in [0.5, 0.6) is 5.75 Å². The lowest BCUT2D eigenvalue weighted by Crippen LogP contribution is -2.56. The molecule has 0 bridgehead atoms. The standard InChI is InChI=1S/C55H86N6O12/c1-12-36(6)55(33-54(55,9)50(67)47(34(2)3)57-52(69)48(35(4)5)58(10)27-15-13-14-20-46(66)73-61-43(63)25-26-44(61)64)37(7)31-45(65)59-28-18-19-42(59)49(71-11)38(8)51(68)56-41(32-39-21-23-40(62)24-22-39)53(70)60-29-16-17-30-72-60/h21-24,34-38,41-42,47-49,62H,12-20,25-33H2,1-11H3,(H,56,68)(H,57,69)/t36-,37?,38?,41-,42-,47-,48?,49+,54?,55?/m0/s1. The molecule has 1 saturated carbocycles. The zero-order valence-corrected chi connectivity index (χ0v) is 45.5.